The average molecular weight is 365 g/mol. The number of benzene rings is 1. The standard InChI is InChI=1S/C11H11Br2NO3/c12-7-1-6(2-8(13)3-7)11(17)14-4-9(15)10(16)5-14/h1-3,9-10,15-16H,4-5H2/t9-,10+. The summed E-state index contributed by atoms with van der Waals surface area (Å²) in [7, 11) is 0. The third-order valence-corrected chi connectivity index (χ3v) is 3.57. The quantitative estimate of drug-likeness (QED) is 0.791. The molecule has 92 valence electrons. The fourth-order valence-corrected chi connectivity index (χ4v) is 3.09. The monoisotopic (exact) mass is 363 g/mol. The van der Waals surface area contributed by atoms with Gasteiger partial charge in [0.25, 0.3) is 5.91 Å². The van der Waals surface area contributed by atoms with E-state index in [0.29, 0.717) is 5.56 Å². The van der Waals surface area contributed by atoms with Crippen LogP contribution >= 0.6 is 31.9 Å². The van der Waals surface area contributed by atoms with Crippen molar-refractivity contribution < 1.29 is 15.0 Å². The van der Waals surface area contributed by atoms with Crippen LogP contribution in [0.3, 0.4) is 0 Å². The molecule has 2 atom stereocenters. The van der Waals surface area contributed by atoms with E-state index in [1.165, 1.54) is 4.90 Å². The normalized spacial score (nSPS) is 24.1. The number of carbonyl (C=O) groups excluding carboxylic acids is 1. The number of hydrogen-bond acceptors (Lipinski definition) is 3. The van der Waals surface area contributed by atoms with Crippen molar-refractivity contribution in [2.75, 3.05) is 13.1 Å². The average Bonchev–Trinajstić information content (AvgIpc) is 2.57. The molecule has 17 heavy (non-hydrogen) atoms. The molecular weight excluding hydrogens is 354 g/mol. The zero-order chi connectivity index (χ0) is 12.6. The van der Waals surface area contributed by atoms with Crippen LogP contribution in [0.5, 0.6) is 0 Å². The first-order chi connectivity index (χ1) is 7.97. The first-order valence-electron chi connectivity index (χ1n) is 5.09. The van der Waals surface area contributed by atoms with Crippen LogP contribution in [0.4, 0.5) is 0 Å². The molecule has 0 unspecified atom stereocenters. The zero-order valence-corrected chi connectivity index (χ0v) is 12.0. The Balaban J connectivity index is 2.20. The van der Waals surface area contributed by atoms with E-state index in [1.807, 2.05) is 6.07 Å². The van der Waals surface area contributed by atoms with E-state index in [0.717, 1.165) is 8.95 Å². The van der Waals surface area contributed by atoms with Gasteiger partial charge in [-0.1, -0.05) is 31.9 Å². The van der Waals surface area contributed by atoms with Crippen molar-refractivity contribution >= 4 is 37.8 Å². The van der Waals surface area contributed by atoms with Crippen LogP contribution in [0.1, 0.15) is 10.4 Å². The van der Waals surface area contributed by atoms with Crippen molar-refractivity contribution in [3.63, 3.8) is 0 Å². The molecule has 1 heterocycles. The Morgan fingerprint density at radius 2 is 1.59 bits per heavy atom. The fourth-order valence-electron chi connectivity index (χ4n) is 1.80. The van der Waals surface area contributed by atoms with E-state index >= 15 is 0 Å². The summed E-state index contributed by atoms with van der Waals surface area (Å²) in [6.45, 7) is 0.342. The smallest absolute Gasteiger partial charge is 0.254 e. The third-order valence-electron chi connectivity index (χ3n) is 2.66. The number of rotatable bonds is 1. The van der Waals surface area contributed by atoms with Crippen LogP contribution in [0.2, 0.25) is 0 Å². The van der Waals surface area contributed by atoms with E-state index in [4.69, 9.17) is 0 Å². The van der Waals surface area contributed by atoms with Crippen LogP contribution in [-0.4, -0.2) is 46.3 Å². The van der Waals surface area contributed by atoms with Crippen molar-refractivity contribution in [3.05, 3.63) is 32.7 Å². The first-order valence-corrected chi connectivity index (χ1v) is 6.67. The second-order valence-electron chi connectivity index (χ2n) is 4.00. The van der Waals surface area contributed by atoms with Gasteiger partial charge in [0.15, 0.2) is 0 Å². The summed E-state index contributed by atoms with van der Waals surface area (Å²) >= 11 is 6.63. The number of β-amino-alcohol motifs (C(OH)–C–C–N with tert-alkyl or cyclic N) is 2. The van der Waals surface area contributed by atoms with Crippen molar-refractivity contribution in [2.45, 2.75) is 12.2 Å². The Bertz CT molecular complexity index is 422. The Hall–Kier alpha value is -0.430. The number of amides is 1. The van der Waals surface area contributed by atoms with Crippen molar-refractivity contribution in [1.82, 2.24) is 4.90 Å². The lowest BCUT2D eigenvalue weighted by molar-refractivity contribution is 0.0572. The van der Waals surface area contributed by atoms with Gasteiger partial charge >= 0.3 is 0 Å². The maximum Gasteiger partial charge on any atom is 0.254 e. The molecule has 6 heteroatoms. The Labute approximate surface area is 115 Å². The predicted octanol–water partition coefficient (Wildman–Crippen LogP) is 1.39. The number of nitrogens with zero attached hydrogens (tertiary/aromatic N) is 1. The van der Waals surface area contributed by atoms with E-state index < -0.39 is 12.2 Å². The summed E-state index contributed by atoms with van der Waals surface area (Å²) in [4.78, 5) is 13.6. The minimum atomic E-state index is -0.852. The highest BCUT2D eigenvalue weighted by molar-refractivity contribution is 9.11. The molecule has 1 aromatic carbocycles. The van der Waals surface area contributed by atoms with Gasteiger partial charge in [-0.25, -0.2) is 0 Å². The number of aliphatic hydroxyl groups excluding tert-OH is 2. The molecular formula is C11H11Br2NO3. The summed E-state index contributed by atoms with van der Waals surface area (Å²) < 4.78 is 1.60. The molecule has 1 aliphatic heterocycles. The second kappa shape index (κ2) is 5.06. The topological polar surface area (TPSA) is 60.8 Å². The van der Waals surface area contributed by atoms with Crippen LogP contribution in [-0.2, 0) is 0 Å². The molecule has 1 fully saturated rings. The summed E-state index contributed by atoms with van der Waals surface area (Å²) in [6.07, 6.45) is -1.70. The Kier molecular flexibility index (Phi) is 3.87. The van der Waals surface area contributed by atoms with Gasteiger partial charge in [-0.15, -0.1) is 0 Å². The molecule has 1 aromatic rings. The van der Waals surface area contributed by atoms with Crippen LogP contribution in [0.25, 0.3) is 0 Å². The molecule has 2 N–H and O–H groups in total. The molecule has 2 rings (SSSR count). The van der Waals surface area contributed by atoms with Gasteiger partial charge in [0, 0.05) is 27.6 Å². The van der Waals surface area contributed by atoms with Gasteiger partial charge < -0.3 is 15.1 Å². The van der Waals surface area contributed by atoms with Gasteiger partial charge in [-0.05, 0) is 18.2 Å². The van der Waals surface area contributed by atoms with Crippen LogP contribution in [0.15, 0.2) is 27.1 Å². The van der Waals surface area contributed by atoms with Gasteiger partial charge in [0.1, 0.15) is 0 Å². The molecule has 0 saturated carbocycles. The Morgan fingerprint density at radius 3 is 2.06 bits per heavy atom. The van der Waals surface area contributed by atoms with Crippen molar-refractivity contribution in [2.24, 2.45) is 0 Å². The Morgan fingerprint density at radius 1 is 1.12 bits per heavy atom. The zero-order valence-electron chi connectivity index (χ0n) is 8.81. The molecule has 4 nitrogen and oxygen atoms in total. The number of halogens is 2. The van der Waals surface area contributed by atoms with Gasteiger partial charge in [-0.3, -0.25) is 4.79 Å². The minimum Gasteiger partial charge on any atom is -0.388 e. The lowest BCUT2D eigenvalue weighted by Gasteiger charge is -2.15. The van der Waals surface area contributed by atoms with Gasteiger partial charge in [0.05, 0.1) is 12.2 Å². The highest BCUT2D eigenvalue weighted by Crippen LogP contribution is 2.22. The molecule has 0 spiro atoms. The largest absolute Gasteiger partial charge is 0.388 e. The molecule has 1 aliphatic rings. The molecule has 0 radical (unpaired) electrons. The SMILES string of the molecule is O=C(c1cc(Br)cc(Br)c1)N1C[C@@H](O)[C@@H](O)C1. The molecule has 0 bridgehead atoms. The summed E-state index contributed by atoms with van der Waals surface area (Å²) in [5.74, 6) is -0.192. The summed E-state index contributed by atoms with van der Waals surface area (Å²) in [5, 5.41) is 18.8. The van der Waals surface area contributed by atoms with Crippen molar-refractivity contribution in [3.8, 4) is 0 Å². The number of aliphatic hydroxyl groups is 2. The minimum absolute atomic E-state index is 0.171. The molecule has 1 amide bonds. The van der Waals surface area contributed by atoms with Crippen molar-refractivity contribution in [1.29, 1.82) is 0 Å². The third kappa shape index (κ3) is 2.88. The first kappa shape index (κ1) is 13.0. The summed E-state index contributed by atoms with van der Waals surface area (Å²) in [5.41, 5.74) is 0.521. The number of likely N-dealkylation sites (tertiary alicyclic amines) is 1. The lowest BCUT2D eigenvalue weighted by Crippen LogP contribution is -2.29. The van der Waals surface area contributed by atoms with Crippen LogP contribution < -0.4 is 0 Å². The molecule has 1 saturated heterocycles. The molecule has 0 aliphatic carbocycles. The molecule has 0 aromatic heterocycles. The van der Waals surface area contributed by atoms with E-state index in [-0.39, 0.29) is 19.0 Å². The predicted molar refractivity (Wildman–Crippen MR) is 69.8 cm³/mol. The van der Waals surface area contributed by atoms with E-state index in [2.05, 4.69) is 31.9 Å². The number of carbonyl (C=O) groups is 1. The lowest BCUT2D eigenvalue weighted by atomic mass is 10.2. The summed E-state index contributed by atoms with van der Waals surface area (Å²) in [6, 6.07) is 5.26. The van der Waals surface area contributed by atoms with E-state index in [9.17, 15) is 15.0 Å². The van der Waals surface area contributed by atoms with E-state index in [1.54, 1.807) is 12.1 Å². The maximum atomic E-state index is 12.1. The van der Waals surface area contributed by atoms with Gasteiger partial charge in [-0.2, -0.15) is 0 Å². The highest BCUT2D eigenvalue weighted by atomic mass is 79.9. The highest BCUT2D eigenvalue weighted by Gasteiger charge is 2.32. The fraction of sp³-hybridized carbons (Fsp3) is 0.364. The second-order valence-corrected chi connectivity index (χ2v) is 5.83. The maximum absolute atomic E-state index is 12.1. The number of hydrogen-bond donors (Lipinski definition) is 2. The van der Waals surface area contributed by atoms with Gasteiger partial charge in [0.2, 0.25) is 0 Å². The van der Waals surface area contributed by atoms with Crippen LogP contribution in [0, 0.1) is 0 Å².